The molecule has 162 valence electrons. The lowest BCUT2D eigenvalue weighted by atomic mass is 10.1. The summed E-state index contributed by atoms with van der Waals surface area (Å²) in [4.78, 5) is 17.2. The molecule has 1 N–H and O–H groups in total. The standard InChI is InChI=1S/C22H18BrF3N2O3/c23-15-5-8-19-13(10-15)11-18(20(29)27-12-17-2-1-9-30-17)21(31-19)28-16-6-3-14(4-7-16)22(24,25)26/h3-8,10-11,17H,1-2,9,12H2,(H,27,29). The second kappa shape index (κ2) is 8.84. The predicted octanol–water partition coefficient (Wildman–Crippen LogP) is 5.36. The summed E-state index contributed by atoms with van der Waals surface area (Å²) >= 11 is 3.39. The van der Waals surface area contributed by atoms with Crippen LogP contribution >= 0.6 is 15.9 Å². The van der Waals surface area contributed by atoms with E-state index in [9.17, 15) is 18.0 Å². The number of alkyl halides is 3. The molecule has 1 atom stereocenters. The summed E-state index contributed by atoms with van der Waals surface area (Å²) in [5.74, 6) is -0.396. The van der Waals surface area contributed by atoms with Gasteiger partial charge in [0, 0.05) is 23.0 Å². The highest BCUT2D eigenvalue weighted by molar-refractivity contribution is 9.10. The predicted molar refractivity (Wildman–Crippen MR) is 112 cm³/mol. The first-order valence-electron chi connectivity index (χ1n) is 9.65. The van der Waals surface area contributed by atoms with Gasteiger partial charge in [-0.1, -0.05) is 15.9 Å². The van der Waals surface area contributed by atoms with E-state index in [2.05, 4.69) is 26.2 Å². The van der Waals surface area contributed by atoms with Gasteiger partial charge in [-0.25, -0.2) is 4.99 Å². The van der Waals surface area contributed by atoms with Gasteiger partial charge in [-0.15, -0.1) is 0 Å². The quantitative estimate of drug-likeness (QED) is 0.531. The van der Waals surface area contributed by atoms with Crippen LogP contribution in [0.1, 0.15) is 28.8 Å². The molecule has 4 rings (SSSR count). The third-order valence-electron chi connectivity index (χ3n) is 4.89. The molecule has 1 saturated heterocycles. The van der Waals surface area contributed by atoms with Crippen molar-refractivity contribution in [1.82, 2.24) is 5.32 Å². The van der Waals surface area contributed by atoms with E-state index in [-0.39, 0.29) is 22.9 Å². The average Bonchev–Trinajstić information content (AvgIpc) is 3.25. The molecule has 9 heteroatoms. The van der Waals surface area contributed by atoms with E-state index in [1.54, 1.807) is 24.3 Å². The lowest BCUT2D eigenvalue weighted by Gasteiger charge is -2.11. The molecule has 5 nitrogen and oxygen atoms in total. The maximum absolute atomic E-state index is 12.9. The number of amides is 1. The van der Waals surface area contributed by atoms with Crippen molar-refractivity contribution in [3.63, 3.8) is 0 Å². The number of benzene rings is 2. The molecule has 1 aliphatic rings. The summed E-state index contributed by atoms with van der Waals surface area (Å²) in [7, 11) is 0. The van der Waals surface area contributed by atoms with Crippen molar-refractivity contribution in [1.29, 1.82) is 0 Å². The SMILES string of the molecule is O=C(NCC1CCCO1)c1cc2cc(Br)ccc2oc1=Nc1ccc(C(F)(F)F)cc1. The zero-order valence-electron chi connectivity index (χ0n) is 16.2. The van der Waals surface area contributed by atoms with Crippen molar-refractivity contribution in [3.8, 4) is 0 Å². The van der Waals surface area contributed by atoms with E-state index >= 15 is 0 Å². The van der Waals surface area contributed by atoms with E-state index in [1.807, 2.05) is 0 Å². The smallest absolute Gasteiger partial charge is 0.416 e. The molecular weight excluding hydrogens is 477 g/mol. The molecule has 2 aromatic carbocycles. The van der Waals surface area contributed by atoms with Crippen molar-refractivity contribution in [2.24, 2.45) is 4.99 Å². The molecule has 0 bridgehead atoms. The molecule has 2 heterocycles. The van der Waals surface area contributed by atoms with Crippen LogP contribution in [0.2, 0.25) is 0 Å². The minimum absolute atomic E-state index is 0.0134. The number of hydrogen-bond donors (Lipinski definition) is 1. The van der Waals surface area contributed by atoms with Crippen molar-refractivity contribution < 1.29 is 27.1 Å². The van der Waals surface area contributed by atoms with E-state index in [1.165, 1.54) is 12.1 Å². The number of nitrogens with zero attached hydrogens (tertiary/aromatic N) is 1. The second-order valence-electron chi connectivity index (χ2n) is 7.15. The molecule has 1 amide bonds. The first-order valence-corrected chi connectivity index (χ1v) is 10.4. The molecule has 1 unspecified atom stereocenters. The zero-order chi connectivity index (χ0) is 22.0. The summed E-state index contributed by atoms with van der Waals surface area (Å²) in [6.07, 6.45) is -2.65. The van der Waals surface area contributed by atoms with Crippen LogP contribution < -0.4 is 10.9 Å². The number of halogens is 4. The Hall–Kier alpha value is -2.65. The Morgan fingerprint density at radius 3 is 2.61 bits per heavy atom. The Bertz CT molecular complexity index is 1170. The van der Waals surface area contributed by atoms with Crippen molar-refractivity contribution in [2.45, 2.75) is 25.1 Å². The molecule has 3 aromatic rings. The van der Waals surface area contributed by atoms with Crippen LogP contribution in [0.3, 0.4) is 0 Å². The van der Waals surface area contributed by atoms with Crippen LogP contribution in [0, 0.1) is 0 Å². The van der Waals surface area contributed by atoms with Crippen molar-refractivity contribution >= 4 is 38.5 Å². The molecule has 0 aliphatic carbocycles. The Morgan fingerprint density at radius 1 is 1.16 bits per heavy atom. The summed E-state index contributed by atoms with van der Waals surface area (Å²) in [5, 5.41) is 3.51. The van der Waals surface area contributed by atoms with Crippen LogP contribution in [0.15, 0.2) is 62.4 Å². The monoisotopic (exact) mass is 494 g/mol. The number of nitrogens with one attached hydrogen (secondary N) is 1. The fraction of sp³-hybridized carbons (Fsp3) is 0.273. The van der Waals surface area contributed by atoms with Crippen LogP contribution in [-0.2, 0) is 10.9 Å². The minimum Gasteiger partial charge on any atom is -0.438 e. The van der Waals surface area contributed by atoms with E-state index in [0.717, 1.165) is 29.4 Å². The van der Waals surface area contributed by atoms with Crippen LogP contribution in [0.4, 0.5) is 18.9 Å². The van der Waals surface area contributed by atoms with E-state index in [4.69, 9.17) is 9.15 Å². The van der Waals surface area contributed by atoms with E-state index < -0.39 is 17.6 Å². The molecule has 1 aliphatic heterocycles. The molecule has 31 heavy (non-hydrogen) atoms. The molecular formula is C22H18BrF3N2O3. The number of rotatable bonds is 4. The second-order valence-corrected chi connectivity index (χ2v) is 8.06. The first kappa shape index (κ1) is 21.6. The van der Waals surface area contributed by atoms with Gasteiger partial charge in [-0.2, -0.15) is 13.2 Å². The Labute approximate surface area is 184 Å². The molecule has 0 radical (unpaired) electrons. The highest BCUT2D eigenvalue weighted by atomic mass is 79.9. The minimum atomic E-state index is -4.44. The maximum Gasteiger partial charge on any atom is 0.416 e. The lowest BCUT2D eigenvalue weighted by Crippen LogP contribution is -2.34. The van der Waals surface area contributed by atoms with Gasteiger partial charge in [0.25, 0.3) is 5.91 Å². The lowest BCUT2D eigenvalue weighted by molar-refractivity contribution is -0.137. The van der Waals surface area contributed by atoms with Crippen LogP contribution in [-0.4, -0.2) is 25.2 Å². The number of carbonyl (C=O) groups excluding carboxylic acids is 1. The molecule has 1 fully saturated rings. The van der Waals surface area contributed by atoms with Crippen LogP contribution in [0.25, 0.3) is 11.0 Å². The largest absolute Gasteiger partial charge is 0.438 e. The number of fused-ring (bicyclic) bond motifs is 1. The summed E-state index contributed by atoms with van der Waals surface area (Å²) in [5.41, 5.74) is 0.148. The van der Waals surface area contributed by atoms with Crippen molar-refractivity contribution in [3.05, 3.63) is 69.7 Å². The van der Waals surface area contributed by atoms with Crippen LogP contribution in [0.5, 0.6) is 0 Å². The van der Waals surface area contributed by atoms with Gasteiger partial charge < -0.3 is 14.5 Å². The third kappa shape index (κ3) is 5.16. The van der Waals surface area contributed by atoms with Gasteiger partial charge >= 0.3 is 6.18 Å². The highest BCUT2D eigenvalue weighted by Gasteiger charge is 2.30. The van der Waals surface area contributed by atoms with Gasteiger partial charge in [-0.3, -0.25) is 4.79 Å². The number of ether oxygens (including phenoxy) is 1. The fourth-order valence-corrected chi connectivity index (χ4v) is 3.68. The normalized spacial score (nSPS) is 17.3. The van der Waals surface area contributed by atoms with Gasteiger partial charge in [0.05, 0.1) is 17.4 Å². The number of hydrogen-bond acceptors (Lipinski definition) is 4. The zero-order valence-corrected chi connectivity index (χ0v) is 17.8. The average molecular weight is 495 g/mol. The number of carbonyl (C=O) groups is 1. The summed E-state index contributed by atoms with van der Waals surface area (Å²) in [6, 6.07) is 11.3. The molecule has 0 saturated carbocycles. The summed E-state index contributed by atoms with van der Waals surface area (Å²) < 4.78 is 50.6. The Morgan fingerprint density at radius 2 is 1.94 bits per heavy atom. The summed E-state index contributed by atoms with van der Waals surface area (Å²) in [6.45, 7) is 1.03. The van der Waals surface area contributed by atoms with Gasteiger partial charge in [0.2, 0.25) is 5.55 Å². The maximum atomic E-state index is 12.9. The molecule has 1 aromatic heterocycles. The Kier molecular flexibility index (Phi) is 6.15. The van der Waals surface area contributed by atoms with E-state index in [0.29, 0.717) is 24.1 Å². The first-order chi connectivity index (χ1) is 14.8. The van der Waals surface area contributed by atoms with Gasteiger partial charge in [-0.05, 0) is 61.4 Å². The van der Waals surface area contributed by atoms with Gasteiger partial charge in [0.1, 0.15) is 11.1 Å². The van der Waals surface area contributed by atoms with Gasteiger partial charge in [0.15, 0.2) is 0 Å². The molecule has 0 spiro atoms. The van der Waals surface area contributed by atoms with Crippen molar-refractivity contribution in [2.75, 3.05) is 13.2 Å². The Balaban J connectivity index is 1.73. The third-order valence-corrected chi connectivity index (χ3v) is 5.39. The fourth-order valence-electron chi connectivity index (χ4n) is 3.30. The highest BCUT2D eigenvalue weighted by Crippen LogP contribution is 2.30. The topological polar surface area (TPSA) is 63.8 Å².